The lowest BCUT2D eigenvalue weighted by Gasteiger charge is -2.59. The summed E-state index contributed by atoms with van der Waals surface area (Å²) in [5, 5.41) is 52.0. The Hall–Kier alpha value is -1.49. The van der Waals surface area contributed by atoms with E-state index in [0.717, 1.165) is 12.8 Å². The van der Waals surface area contributed by atoms with Gasteiger partial charge in [0, 0.05) is 12.8 Å². The first kappa shape index (κ1) is 36.8. The van der Waals surface area contributed by atoms with Gasteiger partial charge in [0.25, 0.3) is 0 Å². The molecule has 3 saturated carbocycles. The standard InChI is InChI=1S/C33H52O13S/c1-16(2)12-17(34)15-33(5,40)24-7-6-20-19-14-23(46-47(41,42)43)22-13-18(8-10-31(22,3)21(19)9-11-32(20,24)4)44-30-27(37)25(35)26(36)28(45-30)29(38)39/h9,16,18-20,22-28,30,35-37,40H,6-8,10-15H2,1-5H3,(H,38,39)(H,41,42,43). The molecule has 4 aliphatic carbocycles. The summed E-state index contributed by atoms with van der Waals surface area (Å²) in [6.07, 6.45) is -3.90. The van der Waals surface area contributed by atoms with E-state index in [2.05, 4.69) is 19.9 Å². The number of aliphatic hydroxyl groups is 4. The van der Waals surface area contributed by atoms with Crippen molar-refractivity contribution >= 4 is 22.2 Å². The van der Waals surface area contributed by atoms with Gasteiger partial charge in [-0.3, -0.25) is 9.35 Å². The molecule has 0 aromatic rings. The van der Waals surface area contributed by atoms with Crippen LogP contribution in [0.5, 0.6) is 0 Å². The summed E-state index contributed by atoms with van der Waals surface area (Å²) in [6, 6.07) is 0. The van der Waals surface area contributed by atoms with Gasteiger partial charge in [-0.1, -0.05) is 39.3 Å². The highest BCUT2D eigenvalue weighted by molar-refractivity contribution is 7.80. The van der Waals surface area contributed by atoms with E-state index >= 15 is 0 Å². The predicted octanol–water partition coefficient (Wildman–Crippen LogP) is 2.40. The number of carbonyl (C=O) groups excluding carboxylic acids is 1. The highest BCUT2D eigenvalue weighted by Crippen LogP contribution is 2.67. The molecule has 0 aromatic heterocycles. The van der Waals surface area contributed by atoms with Crippen LogP contribution < -0.4 is 0 Å². The van der Waals surface area contributed by atoms with Gasteiger partial charge in [-0.25, -0.2) is 8.98 Å². The maximum Gasteiger partial charge on any atom is 0.397 e. The third kappa shape index (κ3) is 6.96. The van der Waals surface area contributed by atoms with Gasteiger partial charge in [0.05, 0.1) is 17.8 Å². The second-order valence-corrected chi connectivity index (χ2v) is 17.0. The van der Waals surface area contributed by atoms with Crippen molar-refractivity contribution in [1.82, 2.24) is 0 Å². The Balaban J connectivity index is 1.40. The zero-order valence-corrected chi connectivity index (χ0v) is 28.6. The Kier molecular flexibility index (Phi) is 10.2. The Morgan fingerprint density at radius 3 is 2.36 bits per heavy atom. The fraction of sp³-hybridized carbons (Fsp3) is 0.879. The minimum Gasteiger partial charge on any atom is -0.479 e. The summed E-state index contributed by atoms with van der Waals surface area (Å²) in [6.45, 7) is 9.94. The zero-order valence-electron chi connectivity index (χ0n) is 27.8. The smallest absolute Gasteiger partial charge is 0.397 e. The number of aliphatic carboxylic acids is 1. The monoisotopic (exact) mass is 688 g/mol. The quantitative estimate of drug-likeness (QED) is 0.111. The molecule has 1 heterocycles. The molecule has 4 fully saturated rings. The van der Waals surface area contributed by atoms with E-state index in [1.807, 2.05) is 13.8 Å². The number of carboxylic acids is 1. The van der Waals surface area contributed by atoms with Crippen molar-refractivity contribution in [2.24, 2.45) is 40.4 Å². The molecule has 14 unspecified atom stereocenters. The summed E-state index contributed by atoms with van der Waals surface area (Å²) < 4.78 is 50.9. The second-order valence-electron chi connectivity index (χ2n) is 16.0. The molecule has 13 nitrogen and oxygen atoms in total. The fourth-order valence-corrected chi connectivity index (χ4v) is 10.8. The van der Waals surface area contributed by atoms with E-state index in [-0.39, 0.29) is 47.7 Å². The summed E-state index contributed by atoms with van der Waals surface area (Å²) in [7, 11) is -4.85. The number of hydrogen-bond donors (Lipinski definition) is 6. The molecule has 0 bridgehead atoms. The lowest BCUT2D eigenvalue weighted by atomic mass is 9.47. The van der Waals surface area contributed by atoms with Crippen molar-refractivity contribution in [1.29, 1.82) is 0 Å². The van der Waals surface area contributed by atoms with Gasteiger partial charge in [0.1, 0.15) is 24.1 Å². The number of Topliss-reactive ketones (excluding diaryl/α,β-unsaturated/α-hetero) is 1. The van der Waals surface area contributed by atoms with Crippen molar-refractivity contribution in [2.45, 2.75) is 141 Å². The summed E-state index contributed by atoms with van der Waals surface area (Å²) in [4.78, 5) is 24.4. The maximum absolute atomic E-state index is 12.8. The van der Waals surface area contributed by atoms with Crippen LogP contribution in [0, 0.1) is 40.4 Å². The van der Waals surface area contributed by atoms with E-state index in [0.29, 0.717) is 32.1 Å². The third-order valence-electron chi connectivity index (χ3n) is 12.3. The molecule has 268 valence electrons. The molecule has 0 amide bonds. The fourth-order valence-electron chi connectivity index (χ4n) is 10.3. The van der Waals surface area contributed by atoms with Crippen LogP contribution in [-0.4, -0.2) is 98.8 Å². The first-order valence-electron chi connectivity index (χ1n) is 16.9. The van der Waals surface area contributed by atoms with E-state index in [1.54, 1.807) is 6.92 Å². The minimum atomic E-state index is -4.85. The van der Waals surface area contributed by atoms with E-state index in [1.165, 1.54) is 5.57 Å². The average Bonchev–Trinajstić information content (AvgIpc) is 3.30. The number of rotatable bonds is 10. The normalized spacial score (nSPS) is 44.9. The number of ketones is 1. The molecule has 5 rings (SSSR count). The van der Waals surface area contributed by atoms with Gasteiger partial charge in [0.2, 0.25) is 0 Å². The van der Waals surface area contributed by atoms with Gasteiger partial charge in [-0.05, 0) is 92.3 Å². The Labute approximate surface area is 276 Å². The number of carboxylic acid groups (broad SMARTS) is 1. The van der Waals surface area contributed by atoms with Crippen molar-refractivity contribution in [3.8, 4) is 0 Å². The average molecular weight is 689 g/mol. The van der Waals surface area contributed by atoms with E-state index < -0.39 is 76.2 Å². The molecule has 5 aliphatic rings. The molecular formula is C33H52O13S. The molecule has 0 radical (unpaired) electrons. The van der Waals surface area contributed by atoms with Gasteiger partial charge in [0.15, 0.2) is 12.4 Å². The van der Waals surface area contributed by atoms with Crippen molar-refractivity contribution < 1.29 is 61.7 Å². The van der Waals surface area contributed by atoms with Crippen LogP contribution >= 0.6 is 0 Å². The van der Waals surface area contributed by atoms with Crippen LogP contribution in [0.15, 0.2) is 11.6 Å². The molecule has 14 heteroatoms. The predicted molar refractivity (Wildman–Crippen MR) is 166 cm³/mol. The van der Waals surface area contributed by atoms with Gasteiger partial charge in [-0.2, -0.15) is 8.42 Å². The van der Waals surface area contributed by atoms with Gasteiger partial charge >= 0.3 is 16.4 Å². The number of hydrogen-bond acceptors (Lipinski definition) is 11. The molecule has 1 saturated heterocycles. The number of ether oxygens (including phenoxy) is 2. The van der Waals surface area contributed by atoms with E-state index in [4.69, 9.17) is 13.7 Å². The van der Waals surface area contributed by atoms with Crippen LogP contribution in [0.2, 0.25) is 0 Å². The van der Waals surface area contributed by atoms with Crippen molar-refractivity contribution in [3.05, 3.63) is 11.6 Å². The molecule has 47 heavy (non-hydrogen) atoms. The van der Waals surface area contributed by atoms with Crippen LogP contribution in [-0.2, 0) is 33.6 Å². The largest absolute Gasteiger partial charge is 0.479 e. The number of fused-ring (bicyclic) bond motifs is 5. The molecule has 0 aromatic carbocycles. The van der Waals surface area contributed by atoms with Crippen molar-refractivity contribution in [2.75, 3.05) is 0 Å². The summed E-state index contributed by atoms with van der Waals surface area (Å²) in [5.41, 5.74) is -0.897. The lowest BCUT2D eigenvalue weighted by Crippen LogP contribution is -2.61. The Bertz CT molecular complexity index is 1350. The Morgan fingerprint density at radius 2 is 1.74 bits per heavy atom. The van der Waals surface area contributed by atoms with Gasteiger partial charge in [-0.15, -0.1) is 0 Å². The van der Waals surface area contributed by atoms with E-state index in [9.17, 15) is 48.1 Å². The molecule has 0 spiro atoms. The first-order valence-corrected chi connectivity index (χ1v) is 18.2. The number of allylic oxidation sites excluding steroid dienone is 2. The van der Waals surface area contributed by atoms with Crippen LogP contribution in [0.1, 0.15) is 92.4 Å². The number of carbonyl (C=O) groups is 2. The summed E-state index contributed by atoms with van der Waals surface area (Å²) >= 11 is 0. The molecular weight excluding hydrogens is 636 g/mol. The van der Waals surface area contributed by atoms with Crippen LogP contribution in [0.25, 0.3) is 0 Å². The molecule has 6 N–H and O–H groups in total. The second kappa shape index (κ2) is 13.0. The zero-order chi connectivity index (χ0) is 34.9. The minimum absolute atomic E-state index is 0.0352. The third-order valence-corrected chi connectivity index (χ3v) is 12.8. The maximum atomic E-state index is 12.8. The van der Waals surface area contributed by atoms with Gasteiger partial charge < -0.3 is 35.0 Å². The van der Waals surface area contributed by atoms with Crippen LogP contribution in [0.3, 0.4) is 0 Å². The highest BCUT2D eigenvalue weighted by Gasteiger charge is 2.62. The first-order chi connectivity index (χ1) is 21.7. The molecule has 1 aliphatic heterocycles. The summed E-state index contributed by atoms with van der Waals surface area (Å²) in [5.74, 6) is -1.88. The highest BCUT2D eigenvalue weighted by atomic mass is 32.3. The Morgan fingerprint density at radius 1 is 1.06 bits per heavy atom. The SMILES string of the molecule is CC(C)CC(=O)CC(C)(O)C1CCC2C3CC(OS(=O)(=O)O)C4CC(OC5OC(C(=O)O)C(O)C(O)C5O)CCC4(C)C3=CCC21C. The lowest BCUT2D eigenvalue weighted by molar-refractivity contribution is -0.309. The van der Waals surface area contributed by atoms with Crippen molar-refractivity contribution in [3.63, 3.8) is 0 Å². The molecule has 14 atom stereocenters. The topological polar surface area (TPSA) is 217 Å². The van der Waals surface area contributed by atoms with Crippen LogP contribution in [0.4, 0.5) is 0 Å². The number of aliphatic hydroxyl groups excluding tert-OH is 3.